The van der Waals surface area contributed by atoms with E-state index >= 15 is 0 Å². The number of benzene rings is 2. The van der Waals surface area contributed by atoms with Gasteiger partial charge >= 0.3 is 11.8 Å². The SMILES string of the molecule is CN(CCO)C(=O)c1nc(-c2ccc(COc3ccc4c(c3)OCO4)cc2)no1. The Hall–Kier alpha value is -3.59. The number of ether oxygens (including phenoxy) is 3. The topological polar surface area (TPSA) is 107 Å². The molecule has 2 aromatic carbocycles. The maximum atomic E-state index is 12.1. The molecule has 0 atom stereocenters. The first-order valence-corrected chi connectivity index (χ1v) is 8.96. The number of likely N-dealkylation sites (N-methyl/N-ethyl adjacent to an activating group) is 1. The molecule has 4 rings (SSSR count). The molecule has 1 aliphatic rings. The normalized spacial score (nSPS) is 12.1. The van der Waals surface area contributed by atoms with Gasteiger partial charge in [-0.05, 0) is 17.7 Å². The van der Waals surface area contributed by atoms with Crippen molar-refractivity contribution in [1.29, 1.82) is 0 Å². The molecule has 150 valence electrons. The quantitative estimate of drug-likeness (QED) is 0.646. The minimum Gasteiger partial charge on any atom is -0.489 e. The Morgan fingerprint density at radius 1 is 1.17 bits per heavy atom. The zero-order valence-corrected chi connectivity index (χ0v) is 15.7. The fourth-order valence-electron chi connectivity index (χ4n) is 2.73. The van der Waals surface area contributed by atoms with Crippen molar-refractivity contribution in [3.63, 3.8) is 0 Å². The van der Waals surface area contributed by atoms with Crippen molar-refractivity contribution in [2.45, 2.75) is 6.61 Å². The monoisotopic (exact) mass is 397 g/mol. The second-order valence-corrected chi connectivity index (χ2v) is 6.37. The van der Waals surface area contributed by atoms with Crippen LogP contribution >= 0.6 is 0 Å². The van der Waals surface area contributed by atoms with Gasteiger partial charge in [-0.15, -0.1) is 0 Å². The molecule has 1 N–H and O–H groups in total. The number of carbonyl (C=O) groups is 1. The Morgan fingerprint density at radius 2 is 1.97 bits per heavy atom. The van der Waals surface area contributed by atoms with Gasteiger partial charge < -0.3 is 28.7 Å². The Bertz CT molecular complexity index is 1000. The molecule has 0 saturated heterocycles. The summed E-state index contributed by atoms with van der Waals surface area (Å²) < 4.78 is 21.5. The van der Waals surface area contributed by atoms with Crippen LogP contribution in [0.15, 0.2) is 47.0 Å². The predicted molar refractivity (Wildman–Crippen MR) is 101 cm³/mol. The van der Waals surface area contributed by atoms with E-state index in [1.54, 1.807) is 13.1 Å². The molecule has 0 fully saturated rings. The van der Waals surface area contributed by atoms with Gasteiger partial charge in [0.05, 0.1) is 6.61 Å². The molecule has 0 spiro atoms. The van der Waals surface area contributed by atoms with Gasteiger partial charge in [0.1, 0.15) is 12.4 Å². The smallest absolute Gasteiger partial charge is 0.316 e. The number of hydrogen-bond donors (Lipinski definition) is 1. The first kappa shape index (κ1) is 18.8. The van der Waals surface area contributed by atoms with E-state index in [9.17, 15) is 4.79 Å². The van der Waals surface area contributed by atoms with E-state index in [1.165, 1.54) is 4.90 Å². The summed E-state index contributed by atoms with van der Waals surface area (Å²) in [7, 11) is 1.55. The van der Waals surface area contributed by atoms with Crippen molar-refractivity contribution in [2.24, 2.45) is 0 Å². The molecule has 2 heterocycles. The molecule has 9 nitrogen and oxygen atoms in total. The van der Waals surface area contributed by atoms with Crippen LogP contribution in [0.3, 0.4) is 0 Å². The van der Waals surface area contributed by atoms with E-state index in [2.05, 4.69) is 10.1 Å². The van der Waals surface area contributed by atoms with Crippen molar-refractivity contribution in [3.8, 4) is 28.6 Å². The molecular formula is C20H19N3O6. The Labute approximate surface area is 166 Å². The number of aliphatic hydroxyl groups is 1. The van der Waals surface area contributed by atoms with E-state index in [0.29, 0.717) is 35.2 Å². The zero-order valence-electron chi connectivity index (χ0n) is 15.7. The molecule has 9 heteroatoms. The molecule has 0 bridgehead atoms. The minimum absolute atomic E-state index is 0.119. The summed E-state index contributed by atoms with van der Waals surface area (Å²) in [4.78, 5) is 17.6. The van der Waals surface area contributed by atoms with Gasteiger partial charge in [0.15, 0.2) is 11.5 Å². The molecule has 0 saturated carbocycles. The lowest BCUT2D eigenvalue weighted by atomic mass is 10.1. The Balaban J connectivity index is 1.38. The van der Waals surface area contributed by atoms with Crippen molar-refractivity contribution in [3.05, 3.63) is 53.9 Å². The molecule has 1 amide bonds. The van der Waals surface area contributed by atoms with Crippen molar-refractivity contribution < 1.29 is 28.6 Å². The fourth-order valence-corrected chi connectivity index (χ4v) is 2.73. The average molecular weight is 397 g/mol. The predicted octanol–water partition coefficient (Wildman–Crippen LogP) is 2.11. The van der Waals surface area contributed by atoms with Crippen molar-refractivity contribution in [1.82, 2.24) is 15.0 Å². The van der Waals surface area contributed by atoms with E-state index < -0.39 is 5.91 Å². The number of fused-ring (bicyclic) bond motifs is 1. The summed E-state index contributed by atoms with van der Waals surface area (Å²) in [5.74, 6) is 1.82. The summed E-state index contributed by atoms with van der Waals surface area (Å²) in [6.07, 6.45) is 0. The van der Waals surface area contributed by atoms with Gasteiger partial charge in [-0.1, -0.05) is 29.4 Å². The number of hydrogen-bond acceptors (Lipinski definition) is 8. The summed E-state index contributed by atoms with van der Waals surface area (Å²) in [6.45, 7) is 0.650. The first-order chi connectivity index (χ1) is 14.1. The lowest BCUT2D eigenvalue weighted by Crippen LogP contribution is -2.29. The summed E-state index contributed by atoms with van der Waals surface area (Å²) in [6, 6.07) is 12.9. The third kappa shape index (κ3) is 4.14. The highest BCUT2D eigenvalue weighted by Crippen LogP contribution is 2.35. The second kappa shape index (κ2) is 8.19. The molecule has 1 aliphatic heterocycles. The number of aliphatic hydroxyl groups excluding tert-OH is 1. The number of amides is 1. The van der Waals surface area contributed by atoms with Crippen molar-refractivity contribution >= 4 is 5.91 Å². The van der Waals surface area contributed by atoms with Gasteiger partial charge in [-0.25, -0.2) is 0 Å². The maximum absolute atomic E-state index is 12.1. The van der Waals surface area contributed by atoms with Crippen LogP contribution in [0.2, 0.25) is 0 Å². The van der Waals surface area contributed by atoms with Gasteiger partial charge in [-0.3, -0.25) is 4.79 Å². The number of aromatic nitrogens is 2. The van der Waals surface area contributed by atoms with Gasteiger partial charge in [0.2, 0.25) is 12.6 Å². The number of nitrogens with zero attached hydrogens (tertiary/aromatic N) is 3. The summed E-state index contributed by atoms with van der Waals surface area (Å²) in [5.41, 5.74) is 1.67. The molecule has 1 aromatic heterocycles. The van der Waals surface area contributed by atoms with Crippen LogP contribution in [0.4, 0.5) is 0 Å². The van der Waals surface area contributed by atoms with E-state index in [-0.39, 0.29) is 25.8 Å². The lowest BCUT2D eigenvalue weighted by molar-refractivity contribution is 0.0718. The second-order valence-electron chi connectivity index (χ2n) is 6.37. The number of rotatable bonds is 7. The standard InChI is InChI=1S/C20H19N3O6/c1-23(8-9-24)20(25)19-21-18(22-29-19)14-4-2-13(3-5-14)11-26-15-6-7-16-17(10-15)28-12-27-16/h2-7,10,24H,8-9,11-12H2,1H3. The van der Waals surface area contributed by atoms with Crippen molar-refractivity contribution in [2.75, 3.05) is 27.0 Å². The highest BCUT2D eigenvalue weighted by atomic mass is 16.7. The first-order valence-electron chi connectivity index (χ1n) is 8.96. The fraction of sp³-hybridized carbons (Fsp3) is 0.250. The van der Waals surface area contributed by atoms with Gasteiger partial charge in [0.25, 0.3) is 0 Å². The third-order valence-corrected chi connectivity index (χ3v) is 4.35. The molecule has 3 aromatic rings. The molecule has 0 radical (unpaired) electrons. The minimum atomic E-state index is -0.438. The average Bonchev–Trinajstić information content (AvgIpc) is 3.41. The third-order valence-electron chi connectivity index (χ3n) is 4.35. The lowest BCUT2D eigenvalue weighted by Gasteiger charge is -2.11. The van der Waals surface area contributed by atoms with Crippen LogP contribution in [-0.4, -0.2) is 53.0 Å². The Morgan fingerprint density at radius 3 is 2.76 bits per heavy atom. The van der Waals surface area contributed by atoms with E-state index in [1.807, 2.05) is 36.4 Å². The highest BCUT2D eigenvalue weighted by Gasteiger charge is 2.19. The van der Waals surface area contributed by atoms with Gasteiger partial charge in [-0.2, -0.15) is 4.98 Å². The van der Waals surface area contributed by atoms with Crippen LogP contribution in [0.25, 0.3) is 11.4 Å². The number of carbonyl (C=O) groups excluding carboxylic acids is 1. The highest BCUT2D eigenvalue weighted by molar-refractivity contribution is 5.89. The van der Waals surface area contributed by atoms with Crippen LogP contribution < -0.4 is 14.2 Å². The zero-order chi connectivity index (χ0) is 20.2. The molecule has 29 heavy (non-hydrogen) atoms. The van der Waals surface area contributed by atoms with Gasteiger partial charge in [0, 0.05) is 25.2 Å². The van der Waals surface area contributed by atoms with Crippen LogP contribution in [0.1, 0.15) is 16.2 Å². The maximum Gasteiger partial charge on any atom is 0.316 e. The summed E-state index contributed by atoms with van der Waals surface area (Å²) >= 11 is 0. The Kier molecular flexibility index (Phi) is 5.30. The molecule has 0 unspecified atom stereocenters. The molecular weight excluding hydrogens is 378 g/mol. The van der Waals surface area contributed by atoms with E-state index in [0.717, 1.165) is 5.56 Å². The molecule has 0 aliphatic carbocycles. The van der Waals surface area contributed by atoms with Crippen LogP contribution in [0.5, 0.6) is 17.2 Å². The van der Waals surface area contributed by atoms with Crippen LogP contribution in [0, 0.1) is 0 Å². The van der Waals surface area contributed by atoms with Crippen LogP contribution in [-0.2, 0) is 6.61 Å². The largest absolute Gasteiger partial charge is 0.489 e. The van der Waals surface area contributed by atoms with E-state index in [4.69, 9.17) is 23.8 Å². The summed E-state index contributed by atoms with van der Waals surface area (Å²) in [5, 5.41) is 12.8.